The fraction of sp³-hybridized carbons (Fsp3) is 0.211. The van der Waals surface area contributed by atoms with Crippen molar-refractivity contribution in [3.8, 4) is 5.69 Å². The Bertz CT molecular complexity index is 937. The van der Waals surface area contributed by atoms with E-state index in [4.69, 9.17) is 11.6 Å². The first-order valence-electron chi connectivity index (χ1n) is 8.09. The first kappa shape index (κ1) is 18.5. The lowest BCUT2D eigenvalue weighted by Crippen LogP contribution is -2.24. The Morgan fingerprint density at radius 1 is 1.19 bits per heavy atom. The van der Waals surface area contributed by atoms with Crippen molar-refractivity contribution in [1.82, 2.24) is 20.3 Å². The van der Waals surface area contributed by atoms with Gasteiger partial charge in [0.1, 0.15) is 0 Å². The Balaban J connectivity index is 1.73. The van der Waals surface area contributed by atoms with Gasteiger partial charge in [-0.05, 0) is 55.5 Å². The number of nitrogens with one attached hydrogen (secondary N) is 1. The lowest BCUT2D eigenvalue weighted by molar-refractivity contribution is 0.0945. The number of hydrogen-bond donors (Lipinski definition) is 1. The molecule has 0 atom stereocenters. The number of nitrogens with zero attached hydrogens (tertiary/aromatic N) is 3. The standard InChI is InChI=1S/C19H19ClN4OS/c1-12-4-7-15(10-17(12)20)24-13(2)18(22-23-24)19(25)21-11-14-5-8-16(26-3)9-6-14/h4-10H,11H2,1-3H3,(H,21,25). The fourth-order valence-electron chi connectivity index (χ4n) is 2.51. The zero-order chi connectivity index (χ0) is 18.7. The Labute approximate surface area is 161 Å². The highest BCUT2D eigenvalue weighted by Crippen LogP contribution is 2.20. The van der Waals surface area contributed by atoms with Gasteiger partial charge in [0.05, 0.1) is 11.4 Å². The summed E-state index contributed by atoms with van der Waals surface area (Å²) in [5.41, 5.74) is 3.77. The minimum atomic E-state index is -0.249. The quantitative estimate of drug-likeness (QED) is 0.668. The van der Waals surface area contributed by atoms with E-state index in [2.05, 4.69) is 15.6 Å². The van der Waals surface area contributed by atoms with Gasteiger partial charge >= 0.3 is 0 Å². The highest BCUT2D eigenvalue weighted by Gasteiger charge is 2.17. The second-order valence-corrected chi connectivity index (χ2v) is 7.19. The van der Waals surface area contributed by atoms with Gasteiger partial charge in [-0.3, -0.25) is 4.79 Å². The molecule has 5 nitrogen and oxygen atoms in total. The molecule has 0 bridgehead atoms. The van der Waals surface area contributed by atoms with Crippen molar-refractivity contribution in [3.05, 3.63) is 70.0 Å². The molecule has 0 saturated carbocycles. The minimum absolute atomic E-state index is 0.249. The molecule has 3 aromatic rings. The van der Waals surface area contributed by atoms with Crippen LogP contribution in [0.25, 0.3) is 5.69 Å². The third-order valence-electron chi connectivity index (χ3n) is 4.12. The monoisotopic (exact) mass is 386 g/mol. The summed E-state index contributed by atoms with van der Waals surface area (Å²) in [6.07, 6.45) is 2.03. The van der Waals surface area contributed by atoms with Gasteiger partial charge < -0.3 is 5.32 Å². The molecule has 0 aliphatic rings. The second-order valence-electron chi connectivity index (χ2n) is 5.90. The van der Waals surface area contributed by atoms with Crippen LogP contribution in [0.5, 0.6) is 0 Å². The second kappa shape index (κ2) is 7.93. The van der Waals surface area contributed by atoms with Crippen LogP contribution < -0.4 is 5.32 Å². The highest BCUT2D eigenvalue weighted by atomic mass is 35.5. The molecule has 1 heterocycles. The third kappa shape index (κ3) is 3.92. The smallest absolute Gasteiger partial charge is 0.274 e. The molecule has 134 valence electrons. The summed E-state index contributed by atoms with van der Waals surface area (Å²) in [6, 6.07) is 13.7. The molecule has 7 heteroatoms. The average Bonchev–Trinajstić information content (AvgIpc) is 3.04. The molecule has 0 aliphatic heterocycles. The van der Waals surface area contributed by atoms with E-state index in [9.17, 15) is 4.79 Å². The zero-order valence-electron chi connectivity index (χ0n) is 14.8. The van der Waals surface area contributed by atoms with Gasteiger partial charge in [-0.2, -0.15) is 0 Å². The fourth-order valence-corrected chi connectivity index (χ4v) is 3.09. The van der Waals surface area contributed by atoms with Crippen LogP contribution in [-0.4, -0.2) is 27.2 Å². The number of carbonyl (C=O) groups is 1. The SMILES string of the molecule is CSc1ccc(CNC(=O)c2nnn(-c3ccc(C)c(Cl)c3)c2C)cc1. The maximum Gasteiger partial charge on any atom is 0.274 e. The van der Waals surface area contributed by atoms with Gasteiger partial charge in [0.2, 0.25) is 0 Å². The van der Waals surface area contributed by atoms with Gasteiger partial charge in [-0.25, -0.2) is 4.68 Å². The first-order chi connectivity index (χ1) is 12.5. The Morgan fingerprint density at radius 2 is 1.92 bits per heavy atom. The molecule has 1 amide bonds. The van der Waals surface area contributed by atoms with Crippen molar-refractivity contribution in [2.45, 2.75) is 25.3 Å². The summed E-state index contributed by atoms with van der Waals surface area (Å²) < 4.78 is 1.62. The molecule has 0 unspecified atom stereocenters. The van der Waals surface area contributed by atoms with E-state index in [1.807, 2.05) is 62.6 Å². The van der Waals surface area contributed by atoms with Crippen LogP contribution in [-0.2, 0) is 6.54 Å². The van der Waals surface area contributed by atoms with Gasteiger partial charge in [0, 0.05) is 16.5 Å². The molecule has 1 N–H and O–H groups in total. The van der Waals surface area contributed by atoms with Crippen LogP contribution in [0, 0.1) is 13.8 Å². The number of amides is 1. The molecule has 0 saturated heterocycles. The molecule has 0 spiro atoms. The summed E-state index contributed by atoms with van der Waals surface area (Å²) in [6.45, 7) is 4.19. The van der Waals surface area contributed by atoms with Crippen LogP contribution in [0.4, 0.5) is 0 Å². The average molecular weight is 387 g/mol. The van der Waals surface area contributed by atoms with E-state index in [1.165, 1.54) is 4.90 Å². The topological polar surface area (TPSA) is 59.8 Å². The number of aryl methyl sites for hydroxylation is 1. The van der Waals surface area contributed by atoms with Crippen molar-refractivity contribution in [3.63, 3.8) is 0 Å². The van der Waals surface area contributed by atoms with Crippen LogP contribution in [0.1, 0.15) is 27.3 Å². The van der Waals surface area contributed by atoms with Gasteiger partial charge in [-0.1, -0.05) is 35.0 Å². The van der Waals surface area contributed by atoms with E-state index in [0.29, 0.717) is 23.0 Å². The normalized spacial score (nSPS) is 10.8. The van der Waals surface area contributed by atoms with Crippen molar-refractivity contribution in [2.24, 2.45) is 0 Å². The van der Waals surface area contributed by atoms with Crippen molar-refractivity contribution < 1.29 is 4.79 Å². The van der Waals surface area contributed by atoms with Crippen LogP contribution in [0.2, 0.25) is 5.02 Å². The number of thioether (sulfide) groups is 1. The number of halogens is 1. The van der Waals surface area contributed by atoms with Gasteiger partial charge in [0.25, 0.3) is 5.91 Å². The summed E-state index contributed by atoms with van der Waals surface area (Å²) in [7, 11) is 0. The van der Waals surface area contributed by atoms with E-state index in [-0.39, 0.29) is 5.91 Å². The van der Waals surface area contributed by atoms with Gasteiger partial charge in [0.15, 0.2) is 5.69 Å². The third-order valence-corrected chi connectivity index (χ3v) is 5.27. The largest absolute Gasteiger partial charge is 0.347 e. The number of rotatable bonds is 5. The Hall–Kier alpha value is -2.31. The molecule has 26 heavy (non-hydrogen) atoms. The lowest BCUT2D eigenvalue weighted by Gasteiger charge is -2.07. The zero-order valence-corrected chi connectivity index (χ0v) is 16.4. The Kier molecular flexibility index (Phi) is 5.64. The number of carbonyl (C=O) groups excluding carboxylic acids is 1. The predicted octanol–water partition coefficient (Wildman–Crippen LogP) is 4.19. The summed E-state index contributed by atoms with van der Waals surface area (Å²) in [5, 5.41) is 11.7. The molecule has 3 rings (SSSR count). The van der Waals surface area contributed by atoms with Crippen LogP contribution in [0.3, 0.4) is 0 Å². The summed E-state index contributed by atoms with van der Waals surface area (Å²) in [5.74, 6) is -0.249. The number of benzene rings is 2. The van der Waals surface area contributed by atoms with Gasteiger partial charge in [-0.15, -0.1) is 16.9 Å². The Morgan fingerprint density at radius 3 is 2.58 bits per heavy atom. The number of hydrogen-bond acceptors (Lipinski definition) is 4. The van der Waals surface area contributed by atoms with E-state index in [0.717, 1.165) is 16.8 Å². The maximum absolute atomic E-state index is 12.5. The lowest BCUT2D eigenvalue weighted by atomic mass is 10.2. The first-order valence-corrected chi connectivity index (χ1v) is 9.70. The molecule has 0 radical (unpaired) electrons. The van der Waals surface area contributed by atoms with Crippen molar-refractivity contribution >= 4 is 29.3 Å². The van der Waals surface area contributed by atoms with E-state index < -0.39 is 0 Å². The number of aromatic nitrogens is 3. The van der Waals surface area contributed by atoms with Crippen molar-refractivity contribution in [2.75, 3.05) is 6.26 Å². The minimum Gasteiger partial charge on any atom is -0.347 e. The van der Waals surface area contributed by atoms with E-state index in [1.54, 1.807) is 16.4 Å². The maximum atomic E-state index is 12.5. The molecule has 0 fully saturated rings. The van der Waals surface area contributed by atoms with Crippen LogP contribution >= 0.6 is 23.4 Å². The molecular weight excluding hydrogens is 368 g/mol. The molecule has 0 aliphatic carbocycles. The molecule has 2 aromatic carbocycles. The van der Waals surface area contributed by atoms with Crippen molar-refractivity contribution in [1.29, 1.82) is 0 Å². The molecular formula is C19H19ClN4OS. The van der Waals surface area contributed by atoms with E-state index >= 15 is 0 Å². The van der Waals surface area contributed by atoms with Crippen LogP contribution in [0.15, 0.2) is 47.4 Å². The predicted molar refractivity (Wildman–Crippen MR) is 105 cm³/mol. The summed E-state index contributed by atoms with van der Waals surface area (Å²) >= 11 is 7.87. The highest BCUT2D eigenvalue weighted by molar-refractivity contribution is 7.98. The summed E-state index contributed by atoms with van der Waals surface area (Å²) in [4.78, 5) is 13.7. The molecule has 1 aromatic heterocycles.